The van der Waals surface area contributed by atoms with Crippen molar-refractivity contribution < 1.29 is 23.9 Å². The first-order valence-electron chi connectivity index (χ1n) is 9.74. The van der Waals surface area contributed by atoms with Crippen molar-refractivity contribution >= 4 is 29.5 Å². The summed E-state index contributed by atoms with van der Waals surface area (Å²) in [6.07, 6.45) is 4.22. The molecule has 0 unspecified atom stereocenters. The normalized spacial score (nSPS) is 23.7. The molecule has 4 rings (SSSR count). The Balaban J connectivity index is 1.35. The summed E-state index contributed by atoms with van der Waals surface area (Å²) in [6, 6.07) is 2.44. The lowest BCUT2D eigenvalue weighted by Gasteiger charge is -2.33. The summed E-state index contributed by atoms with van der Waals surface area (Å²) in [7, 11) is 0. The van der Waals surface area contributed by atoms with Crippen molar-refractivity contribution in [3.05, 3.63) is 29.7 Å². The molecule has 0 radical (unpaired) electrons. The molecule has 1 saturated carbocycles. The van der Waals surface area contributed by atoms with Crippen LogP contribution in [-0.2, 0) is 14.3 Å². The molecule has 30 heavy (non-hydrogen) atoms. The molecule has 2 aromatic heterocycles. The molecule has 1 aliphatic carbocycles. The molecule has 0 bridgehead atoms. The van der Waals surface area contributed by atoms with E-state index in [-0.39, 0.29) is 5.56 Å². The molecule has 1 saturated heterocycles. The summed E-state index contributed by atoms with van der Waals surface area (Å²) in [6.45, 7) is 3.20. The molecule has 1 spiro atoms. The second-order valence-corrected chi connectivity index (χ2v) is 7.84. The minimum Gasteiger partial charge on any atom is -0.452 e. The van der Waals surface area contributed by atoms with Gasteiger partial charge in [0.15, 0.2) is 12.3 Å². The van der Waals surface area contributed by atoms with Crippen LogP contribution < -0.4 is 10.7 Å². The number of rotatable bonds is 4. The number of esters is 1. The van der Waals surface area contributed by atoms with E-state index >= 15 is 0 Å². The molecule has 1 aliphatic heterocycles. The molecule has 4 amide bonds. The lowest BCUT2D eigenvalue weighted by molar-refractivity contribution is -0.141. The number of nitrogens with one attached hydrogen (secondary N) is 2. The molecule has 2 aliphatic rings. The van der Waals surface area contributed by atoms with Crippen LogP contribution in [0.2, 0.25) is 0 Å². The van der Waals surface area contributed by atoms with Gasteiger partial charge < -0.3 is 10.1 Å². The highest BCUT2D eigenvalue weighted by molar-refractivity contribution is 6.08. The summed E-state index contributed by atoms with van der Waals surface area (Å²) in [5.74, 6) is -0.899. The van der Waals surface area contributed by atoms with Crippen molar-refractivity contribution in [2.45, 2.75) is 45.1 Å². The summed E-state index contributed by atoms with van der Waals surface area (Å²) in [5, 5.41) is 11.2. The van der Waals surface area contributed by atoms with Crippen LogP contribution in [0.4, 0.5) is 4.79 Å². The van der Waals surface area contributed by atoms with Crippen LogP contribution in [0.25, 0.3) is 5.65 Å². The molecule has 2 N–H and O–H groups in total. The van der Waals surface area contributed by atoms with E-state index in [1.807, 2.05) is 0 Å². The molecule has 2 fully saturated rings. The highest BCUT2D eigenvalue weighted by Crippen LogP contribution is 2.35. The zero-order chi connectivity index (χ0) is 21.5. The fourth-order valence-corrected chi connectivity index (χ4v) is 3.81. The average molecular weight is 414 g/mol. The SMILES string of the molecule is Cc1nnc2ccc(C(=O)OCC(=O)NN3C(=O)NC4(CCC(C)CC4)C3=O)cn12. The number of urea groups is 1. The highest BCUT2D eigenvalue weighted by Gasteiger charge is 2.52. The number of hydrazine groups is 1. The monoisotopic (exact) mass is 414 g/mol. The van der Waals surface area contributed by atoms with Gasteiger partial charge in [0.1, 0.15) is 11.4 Å². The number of aromatic nitrogens is 3. The van der Waals surface area contributed by atoms with Crippen molar-refractivity contribution in [2.24, 2.45) is 5.92 Å². The lowest BCUT2D eigenvalue weighted by Crippen LogP contribution is -2.52. The minimum atomic E-state index is -0.959. The maximum atomic E-state index is 12.7. The molecule has 11 heteroatoms. The third kappa shape index (κ3) is 3.46. The van der Waals surface area contributed by atoms with Gasteiger partial charge >= 0.3 is 12.0 Å². The van der Waals surface area contributed by atoms with E-state index in [0.29, 0.717) is 35.2 Å². The standard InChI is InChI=1S/C19H22N6O5/c1-11-5-7-19(8-6-11)17(28)25(18(29)20-19)23-15(26)10-30-16(27)13-3-4-14-22-21-12(2)24(14)9-13/h3-4,9,11H,5-8,10H2,1-2H3,(H,20,29)(H,23,26). The smallest absolute Gasteiger partial charge is 0.344 e. The third-order valence-electron chi connectivity index (χ3n) is 5.67. The molecule has 0 aromatic carbocycles. The number of carbonyl (C=O) groups excluding carboxylic acids is 4. The molecule has 3 heterocycles. The largest absolute Gasteiger partial charge is 0.452 e. The highest BCUT2D eigenvalue weighted by atomic mass is 16.5. The second-order valence-electron chi connectivity index (χ2n) is 7.84. The van der Waals surface area contributed by atoms with Gasteiger partial charge in [-0.2, -0.15) is 5.01 Å². The average Bonchev–Trinajstić information content (AvgIpc) is 3.21. The van der Waals surface area contributed by atoms with Gasteiger partial charge in [0.05, 0.1) is 5.56 Å². The van der Waals surface area contributed by atoms with Gasteiger partial charge in [-0.1, -0.05) is 6.92 Å². The molecule has 0 atom stereocenters. The van der Waals surface area contributed by atoms with Gasteiger partial charge in [0, 0.05) is 6.20 Å². The minimum absolute atomic E-state index is 0.212. The van der Waals surface area contributed by atoms with E-state index in [1.54, 1.807) is 17.4 Å². The van der Waals surface area contributed by atoms with Crippen LogP contribution in [0.15, 0.2) is 18.3 Å². The summed E-state index contributed by atoms with van der Waals surface area (Å²) < 4.78 is 6.63. The lowest BCUT2D eigenvalue weighted by atomic mass is 9.77. The Hall–Kier alpha value is -3.50. The van der Waals surface area contributed by atoms with Crippen LogP contribution in [0.3, 0.4) is 0 Å². The fraction of sp³-hybridized carbons (Fsp3) is 0.474. The van der Waals surface area contributed by atoms with E-state index in [1.165, 1.54) is 12.3 Å². The van der Waals surface area contributed by atoms with Crippen LogP contribution >= 0.6 is 0 Å². The zero-order valence-corrected chi connectivity index (χ0v) is 16.7. The van der Waals surface area contributed by atoms with E-state index in [0.717, 1.165) is 12.8 Å². The van der Waals surface area contributed by atoms with Gasteiger partial charge in [-0.25, -0.2) is 9.59 Å². The quantitative estimate of drug-likeness (QED) is 0.556. The Labute approximate surface area is 171 Å². The Bertz CT molecular complexity index is 1040. The van der Waals surface area contributed by atoms with Crippen molar-refractivity contribution in [3.8, 4) is 0 Å². The Morgan fingerprint density at radius 2 is 2.00 bits per heavy atom. The fourth-order valence-electron chi connectivity index (χ4n) is 3.81. The number of nitrogens with zero attached hydrogens (tertiary/aromatic N) is 4. The number of fused-ring (bicyclic) bond motifs is 1. The Morgan fingerprint density at radius 3 is 2.73 bits per heavy atom. The molecular formula is C19H22N6O5. The summed E-state index contributed by atoms with van der Waals surface area (Å²) in [5.41, 5.74) is 2.06. The zero-order valence-electron chi connectivity index (χ0n) is 16.7. The van der Waals surface area contributed by atoms with Crippen LogP contribution in [-0.4, -0.2) is 55.6 Å². The Morgan fingerprint density at radius 1 is 1.27 bits per heavy atom. The van der Waals surface area contributed by atoms with Crippen molar-refractivity contribution in [3.63, 3.8) is 0 Å². The topological polar surface area (TPSA) is 135 Å². The number of imide groups is 1. The number of carbonyl (C=O) groups is 4. The number of hydrogen-bond acceptors (Lipinski definition) is 7. The molecule has 2 aromatic rings. The first-order valence-corrected chi connectivity index (χ1v) is 9.74. The number of pyridine rings is 1. The summed E-state index contributed by atoms with van der Waals surface area (Å²) in [4.78, 5) is 49.4. The van der Waals surface area contributed by atoms with E-state index < -0.39 is 36.0 Å². The predicted molar refractivity (Wildman–Crippen MR) is 102 cm³/mol. The molecule has 158 valence electrons. The van der Waals surface area contributed by atoms with E-state index in [4.69, 9.17) is 4.74 Å². The predicted octanol–water partition coefficient (Wildman–Crippen LogP) is 0.726. The maximum Gasteiger partial charge on any atom is 0.344 e. The van der Waals surface area contributed by atoms with Crippen LogP contribution in [0.5, 0.6) is 0 Å². The molecular weight excluding hydrogens is 392 g/mol. The second kappa shape index (κ2) is 7.39. The van der Waals surface area contributed by atoms with Crippen molar-refractivity contribution in [1.82, 2.24) is 30.3 Å². The number of amides is 4. The van der Waals surface area contributed by atoms with Gasteiger partial charge in [0.25, 0.3) is 11.8 Å². The summed E-state index contributed by atoms with van der Waals surface area (Å²) >= 11 is 0. The van der Waals surface area contributed by atoms with Gasteiger partial charge in [-0.15, -0.1) is 10.2 Å². The molecule has 11 nitrogen and oxygen atoms in total. The van der Waals surface area contributed by atoms with Gasteiger partial charge in [-0.3, -0.25) is 19.4 Å². The maximum absolute atomic E-state index is 12.7. The van der Waals surface area contributed by atoms with Crippen molar-refractivity contribution in [1.29, 1.82) is 0 Å². The van der Waals surface area contributed by atoms with E-state index in [9.17, 15) is 19.2 Å². The number of ether oxygens (including phenoxy) is 1. The van der Waals surface area contributed by atoms with Gasteiger partial charge in [0.2, 0.25) is 0 Å². The first-order chi connectivity index (χ1) is 14.3. The van der Waals surface area contributed by atoms with Crippen LogP contribution in [0, 0.1) is 12.8 Å². The van der Waals surface area contributed by atoms with Crippen LogP contribution in [0.1, 0.15) is 48.8 Å². The first kappa shape index (κ1) is 19.8. The third-order valence-corrected chi connectivity index (χ3v) is 5.67. The number of aryl methyl sites for hydroxylation is 1. The van der Waals surface area contributed by atoms with Gasteiger partial charge in [-0.05, 0) is 50.7 Å². The van der Waals surface area contributed by atoms with E-state index in [2.05, 4.69) is 27.9 Å². The van der Waals surface area contributed by atoms with Crippen molar-refractivity contribution in [2.75, 3.05) is 6.61 Å². The number of hydrogen-bond donors (Lipinski definition) is 2. The Kier molecular flexibility index (Phi) is 4.88.